The fourth-order valence-electron chi connectivity index (χ4n) is 7.97. The summed E-state index contributed by atoms with van der Waals surface area (Å²) in [5, 5.41) is 11.2. The number of anilines is 2. The maximum atomic E-state index is 13.7. The molecule has 65 heavy (non-hydrogen) atoms. The first-order valence-corrected chi connectivity index (χ1v) is 21.2. The molecule has 0 aliphatic carbocycles. The number of benzene rings is 4. The molecule has 2 amide bonds. The number of aromatic nitrogens is 8. The Morgan fingerprint density at radius 2 is 1.31 bits per heavy atom. The van der Waals surface area contributed by atoms with E-state index in [4.69, 9.17) is 31.1 Å². The second kappa shape index (κ2) is 18.1. The number of nitrogens with two attached hydrogens (primary N) is 2. The zero-order valence-corrected chi connectivity index (χ0v) is 35.9. The zero-order valence-electron chi connectivity index (χ0n) is 35.9. The van der Waals surface area contributed by atoms with Gasteiger partial charge in [0.05, 0.1) is 23.4 Å². The van der Waals surface area contributed by atoms with E-state index in [0.717, 1.165) is 28.0 Å². The number of nitrogens with zero attached hydrogens (tertiary/aromatic N) is 10. The van der Waals surface area contributed by atoms with E-state index in [1.54, 1.807) is 22.7 Å². The minimum Gasteiger partial charge on any atom is -0.457 e. The second-order valence-corrected chi connectivity index (χ2v) is 15.7. The number of nitrogen functional groups attached to an aromatic ring is 2. The van der Waals surface area contributed by atoms with E-state index in [2.05, 4.69) is 26.5 Å². The van der Waals surface area contributed by atoms with Crippen LogP contribution < -0.4 is 20.9 Å². The van der Waals surface area contributed by atoms with Crippen LogP contribution in [0.1, 0.15) is 31.4 Å². The molecule has 8 aromatic rings. The van der Waals surface area contributed by atoms with Gasteiger partial charge in [0, 0.05) is 43.9 Å². The van der Waals surface area contributed by atoms with Gasteiger partial charge in [0.2, 0.25) is 11.8 Å². The highest BCUT2D eigenvalue weighted by atomic mass is 16.5. The molecule has 0 saturated carbocycles. The number of carbonyl (C=O) groups is 2. The molecule has 1 saturated heterocycles. The van der Waals surface area contributed by atoms with Crippen LogP contribution in [0, 0.1) is 0 Å². The van der Waals surface area contributed by atoms with Crippen LogP contribution in [0.2, 0.25) is 0 Å². The van der Waals surface area contributed by atoms with Crippen LogP contribution in [0.3, 0.4) is 0 Å². The van der Waals surface area contributed by atoms with Gasteiger partial charge < -0.3 is 30.7 Å². The van der Waals surface area contributed by atoms with E-state index >= 15 is 0 Å². The molecule has 0 unspecified atom stereocenters. The van der Waals surface area contributed by atoms with Crippen molar-refractivity contribution < 1.29 is 19.1 Å². The summed E-state index contributed by atoms with van der Waals surface area (Å²) in [6.07, 6.45) is 7.21. The summed E-state index contributed by atoms with van der Waals surface area (Å²) in [6, 6.07) is 32.5. The van der Waals surface area contributed by atoms with Crippen molar-refractivity contribution in [3.8, 4) is 45.5 Å². The summed E-state index contributed by atoms with van der Waals surface area (Å²) in [5.74, 6) is 3.12. The molecule has 1 aliphatic rings. The first-order valence-electron chi connectivity index (χ1n) is 21.2. The summed E-state index contributed by atoms with van der Waals surface area (Å²) in [5.41, 5.74) is 18.6. The quantitative estimate of drug-likeness (QED) is 0.106. The Bertz CT molecular complexity index is 3060. The lowest BCUT2D eigenvalue weighted by molar-refractivity contribution is -0.127. The monoisotopic (exact) mass is 866 g/mol. The van der Waals surface area contributed by atoms with Crippen LogP contribution >= 0.6 is 0 Å². The smallest absolute Gasteiger partial charge is 0.246 e. The Labute approximate surface area is 374 Å². The predicted octanol–water partition coefficient (Wildman–Crippen LogP) is 7.96. The van der Waals surface area contributed by atoms with Crippen molar-refractivity contribution in [1.29, 1.82) is 0 Å². The van der Waals surface area contributed by atoms with Gasteiger partial charge in [-0.1, -0.05) is 36.9 Å². The SMILES string of the molecule is C=CC(=O)N(C)CCn1nc(-c2ccc(Oc3cccc(/C(C)=C\C(=O)N4CCC(n5nc(-c6ccc(Oc7ccccc7)cc6)c6c(N)ncnc65)CC4)c3)cc2)c2c(N)ncnc21. The summed E-state index contributed by atoms with van der Waals surface area (Å²) in [6.45, 7) is 7.40. The Balaban J connectivity index is 0.845. The van der Waals surface area contributed by atoms with Gasteiger partial charge in [-0.25, -0.2) is 29.3 Å². The topological polar surface area (TPSA) is 198 Å². The first-order chi connectivity index (χ1) is 31.6. The van der Waals surface area contributed by atoms with Gasteiger partial charge in [-0.3, -0.25) is 9.59 Å². The number of hydrogen-bond acceptors (Lipinski definition) is 12. The van der Waals surface area contributed by atoms with E-state index < -0.39 is 0 Å². The van der Waals surface area contributed by atoms with E-state index in [0.29, 0.717) is 101 Å². The van der Waals surface area contributed by atoms with Crippen molar-refractivity contribution >= 4 is 51.1 Å². The Hall–Kier alpha value is -8.40. The third-order valence-electron chi connectivity index (χ3n) is 11.5. The molecule has 16 heteroatoms. The Morgan fingerprint density at radius 3 is 1.95 bits per heavy atom. The second-order valence-electron chi connectivity index (χ2n) is 15.7. The van der Waals surface area contributed by atoms with Crippen LogP contribution in [0.4, 0.5) is 11.6 Å². The van der Waals surface area contributed by atoms with Crippen LogP contribution in [0.15, 0.2) is 135 Å². The van der Waals surface area contributed by atoms with E-state index in [9.17, 15) is 9.59 Å². The average molecular weight is 867 g/mol. The lowest BCUT2D eigenvalue weighted by Gasteiger charge is -2.31. The van der Waals surface area contributed by atoms with Gasteiger partial charge in [-0.05, 0) is 110 Å². The number of likely N-dealkylation sites (N-methyl/N-ethyl adjacent to an activating group) is 1. The average Bonchev–Trinajstić information content (AvgIpc) is 3.92. The largest absolute Gasteiger partial charge is 0.457 e. The highest BCUT2D eigenvalue weighted by molar-refractivity contribution is 5.99. The molecule has 4 N–H and O–H groups in total. The molecular weight excluding hydrogens is 821 g/mol. The van der Waals surface area contributed by atoms with Crippen molar-refractivity contribution in [2.75, 3.05) is 38.1 Å². The fourth-order valence-corrected chi connectivity index (χ4v) is 7.97. The number of amides is 2. The normalized spacial score (nSPS) is 13.3. The molecule has 0 spiro atoms. The third kappa shape index (κ3) is 8.82. The summed E-state index contributed by atoms with van der Waals surface area (Å²) >= 11 is 0. The molecule has 5 heterocycles. The van der Waals surface area contributed by atoms with Crippen LogP contribution in [0.5, 0.6) is 23.0 Å². The van der Waals surface area contributed by atoms with Crippen molar-refractivity contribution in [2.45, 2.75) is 32.4 Å². The van der Waals surface area contributed by atoms with Gasteiger partial charge in [-0.15, -0.1) is 0 Å². The van der Waals surface area contributed by atoms with Gasteiger partial charge >= 0.3 is 0 Å². The lowest BCUT2D eigenvalue weighted by Crippen LogP contribution is -2.38. The van der Waals surface area contributed by atoms with Gasteiger partial charge in [0.15, 0.2) is 11.3 Å². The van der Waals surface area contributed by atoms with Crippen molar-refractivity contribution in [3.63, 3.8) is 0 Å². The molecule has 9 rings (SSSR count). The highest BCUT2D eigenvalue weighted by Crippen LogP contribution is 2.36. The molecule has 4 aromatic carbocycles. The minimum absolute atomic E-state index is 0.00911. The van der Waals surface area contributed by atoms with Crippen LogP contribution in [-0.2, 0) is 16.1 Å². The molecule has 1 aliphatic heterocycles. The number of fused-ring (bicyclic) bond motifs is 2. The predicted molar refractivity (Wildman–Crippen MR) is 250 cm³/mol. The molecule has 16 nitrogen and oxygen atoms in total. The Kier molecular flexibility index (Phi) is 11.7. The standard InChI is InChI=1S/C49H46N12O4/c1-4-40(62)58(3)25-26-60-48-42(46(50)52-29-54-48)44(56-60)32-13-19-38(20-14-32)65-39-12-8-9-34(28-39)31(2)27-41(63)59-23-21-35(22-24-59)61-49-43(47(51)53-30-55-49)45(57-61)33-15-17-37(18-16-33)64-36-10-6-5-7-11-36/h4-20,27-30,35H,1,21-26H2,2-3H3,(H2,50,52,54)(H2,51,53,55)/b31-27-. The summed E-state index contributed by atoms with van der Waals surface area (Å²) < 4.78 is 15.9. The highest BCUT2D eigenvalue weighted by Gasteiger charge is 2.28. The van der Waals surface area contributed by atoms with E-state index in [1.165, 1.54) is 18.7 Å². The zero-order chi connectivity index (χ0) is 45.0. The van der Waals surface area contributed by atoms with Gasteiger partial charge in [0.1, 0.15) is 58.7 Å². The molecule has 1 fully saturated rings. The number of hydrogen-bond donors (Lipinski definition) is 2. The van der Waals surface area contributed by atoms with Crippen molar-refractivity contribution in [3.05, 3.63) is 140 Å². The molecule has 4 aromatic heterocycles. The molecule has 326 valence electrons. The third-order valence-corrected chi connectivity index (χ3v) is 11.5. The van der Waals surface area contributed by atoms with Crippen molar-refractivity contribution in [2.24, 2.45) is 0 Å². The number of allylic oxidation sites excluding steroid dienone is 1. The maximum Gasteiger partial charge on any atom is 0.246 e. The van der Waals surface area contributed by atoms with Gasteiger partial charge in [0.25, 0.3) is 0 Å². The van der Waals surface area contributed by atoms with Gasteiger partial charge in [-0.2, -0.15) is 10.2 Å². The lowest BCUT2D eigenvalue weighted by atomic mass is 10.0. The number of carbonyl (C=O) groups excluding carboxylic acids is 2. The minimum atomic E-state index is -0.183. The summed E-state index contributed by atoms with van der Waals surface area (Å²) in [4.78, 5) is 46.6. The number of piperidine rings is 1. The maximum absolute atomic E-state index is 13.7. The number of rotatable bonds is 13. The number of likely N-dealkylation sites (tertiary alicyclic amines) is 1. The molecule has 0 bridgehead atoms. The van der Waals surface area contributed by atoms with E-state index in [-0.39, 0.29) is 17.9 Å². The molecule has 0 radical (unpaired) electrons. The first kappa shape index (κ1) is 41.9. The van der Waals surface area contributed by atoms with Crippen LogP contribution in [-0.4, -0.2) is 87.8 Å². The van der Waals surface area contributed by atoms with E-state index in [1.807, 2.05) is 120 Å². The van der Waals surface area contributed by atoms with Crippen LogP contribution in [0.25, 0.3) is 50.2 Å². The fraction of sp³-hybridized carbons (Fsp3) is 0.184. The molecular formula is C49H46N12O4. The summed E-state index contributed by atoms with van der Waals surface area (Å²) in [7, 11) is 1.70. The number of para-hydroxylation sites is 1. The Morgan fingerprint density at radius 1 is 0.738 bits per heavy atom. The van der Waals surface area contributed by atoms with Crippen molar-refractivity contribution in [1.82, 2.24) is 49.3 Å². The molecule has 0 atom stereocenters. The number of ether oxygens (including phenoxy) is 2.